The lowest BCUT2D eigenvalue weighted by Crippen LogP contribution is -2.59. The maximum Gasteiger partial charge on any atom is 0.307 e. The Kier molecular flexibility index (Phi) is 3.20. The van der Waals surface area contributed by atoms with Crippen LogP contribution in [0.4, 0.5) is 0 Å². The second kappa shape index (κ2) is 4.84. The molecule has 1 amide bonds. The van der Waals surface area contributed by atoms with Crippen molar-refractivity contribution in [2.75, 3.05) is 0 Å². The summed E-state index contributed by atoms with van der Waals surface area (Å²) in [5, 5.41) is 12.8. The van der Waals surface area contributed by atoms with Crippen LogP contribution in [0, 0.1) is 34.5 Å². The first-order valence-corrected chi connectivity index (χ1v) is 9.09. The van der Waals surface area contributed by atoms with E-state index in [0.717, 1.165) is 38.5 Å². The molecule has 0 aromatic rings. The van der Waals surface area contributed by atoms with Crippen molar-refractivity contribution >= 4 is 11.9 Å². The average molecular weight is 317 g/mol. The molecular weight excluding hydrogens is 290 g/mol. The number of carbonyl (C=O) groups excluding carboxylic acids is 1. The van der Waals surface area contributed by atoms with E-state index in [-0.39, 0.29) is 28.7 Å². The third-order valence-electron chi connectivity index (χ3n) is 7.98. The van der Waals surface area contributed by atoms with E-state index in [4.69, 9.17) is 0 Å². The van der Waals surface area contributed by atoms with Crippen molar-refractivity contribution in [1.29, 1.82) is 0 Å². The van der Waals surface area contributed by atoms with Crippen LogP contribution >= 0.6 is 0 Å². The summed E-state index contributed by atoms with van der Waals surface area (Å²) in [5.41, 5.74) is 0.0112. The fourth-order valence-corrected chi connectivity index (χ4v) is 6.74. The molecule has 3 saturated carbocycles. The summed E-state index contributed by atoms with van der Waals surface area (Å²) in [6.07, 6.45) is 10.0. The minimum Gasteiger partial charge on any atom is -0.481 e. The van der Waals surface area contributed by atoms with E-state index in [1.165, 1.54) is 0 Å². The van der Waals surface area contributed by atoms with Crippen LogP contribution in [0.1, 0.15) is 52.4 Å². The standard InChI is InChI=1S/C19H27NO3/c1-18-9-7-13-11(12(18)4-5-14(18)17(22)23)3-6-15-19(13,2)10-8-16(21)20-15/h8,10-15H,3-7,9H2,1-2H3,(H,20,21)(H,22,23)/t11-,12-,13-,14+,15+,18+,19+/m0/s1. The molecule has 2 N–H and O–H groups in total. The van der Waals surface area contributed by atoms with Gasteiger partial charge in [0.1, 0.15) is 0 Å². The zero-order valence-electron chi connectivity index (χ0n) is 14.0. The molecule has 4 rings (SSSR count). The number of rotatable bonds is 1. The van der Waals surface area contributed by atoms with Crippen LogP contribution in [0.3, 0.4) is 0 Å². The van der Waals surface area contributed by atoms with Crippen molar-refractivity contribution in [3.63, 3.8) is 0 Å². The Morgan fingerprint density at radius 1 is 1.17 bits per heavy atom. The second-order valence-electron chi connectivity index (χ2n) is 8.73. The highest BCUT2D eigenvalue weighted by Crippen LogP contribution is 2.64. The molecule has 3 aliphatic carbocycles. The summed E-state index contributed by atoms with van der Waals surface area (Å²) in [7, 11) is 0. The third kappa shape index (κ3) is 1.96. The van der Waals surface area contributed by atoms with E-state index in [2.05, 4.69) is 25.2 Å². The van der Waals surface area contributed by atoms with Gasteiger partial charge in [-0.25, -0.2) is 0 Å². The lowest BCUT2D eigenvalue weighted by atomic mass is 9.48. The molecule has 0 spiro atoms. The van der Waals surface area contributed by atoms with Gasteiger partial charge in [0.05, 0.1) is 5.92 Å². The van der Waals surface area contributed by atoms with E-state index in [1.807, 2.05) is 0 Å². The van der Waals surface area contributed by atoms with Crippen molar-refractivity contribution < 1.29 is 14.7 Å². The van der Waals surface area contributed by atoms with Gasteiger partial charge in [-0.05, 0) is 67.8 Å². The molecule has 3 fully saturated rings. The van der Waals surface area contributed by atoms with Crippen LogP contribution in [0.25, 0.3) is 0 Å². The Morgan fingerprint density at radius 2 is 1.96 bits per heavy atom. The van der Waals surface area contributed by atoms with Gasteiger partial charge in [-0.3, -0.25) is 9.59 Å². The highest BCUT2D eigenvalue weighted by Gasteiger charge is 2.60. The molecule has 1 heterocycles. The summed E-state index contributed by atoms with van der Waals surface area (Å²) in [4.78, 5) is 23.4. The summed E-state index contributed by atoms with van der Waals surface area (Å²) in [6.45, 7) is 4.53. The monoisotopic (exact) mass is 317 g/mol. The first-order chi connectivity index (χ1) is 10.9. The molecule has 7 atom stereocenters. The van der Waals surface area contributed by atoms with Gasteiger partial charge in [0.25, 0.3) is 0 Å². The number of fused-ring (bicyclic) bond motifs is 5. The zero-order chi connectivity index (χ0) is 16.4. The van der Waals surface area contributed by atoms with Gasteiger partial charge in [0, 0.05) is 11.5 Å². The highest BCUT2D eigenvalue weighted by molar-refractivity contribution is 5.89. The van der Waals surface area contributed by atoms with E-state index in [1.54, 1.807) is 6.08 Å². The third-order valence-corrected chi connectivity index (χ3v) is 7.98. The van der Waals surface area contributed by atoms with Crippen LogP contribution in [0.5, 0.6) is 0 Å². The Labute approximate surface area is 137 Å². The lowest BCUT2D eigenvalue weighted by Gasteiger charge is -2.58. The SMILES string of the molecule is C[C@]12C=CC(=O)N[C@@H]1CC[C@@H]1[C@@H]2CC[C@@]2(C)[C@@H](C(=O)O)CC[C@@H]12. The number of hydrogen-bond acceptors (Lipinski definition) is 2. The van der Waals surface area contributed by atoms with Crippen LogP contribution in [0.15, 0.2) is 12.2 Å². The quantitative estimate of drug-likeness (QED) is 0.781. The van der Waals surface area contributed by atoms with Gasteiger partial charge in [0.15, 0.2) is 0 Å². The fraction of sp³-hybridized carbons (Fsp3) is 0.789. The average Bonchev–Trinajstić information content (AvgIpc) is 2.85. The van der Waals surface area contributed by atoms with E-state index in [9.17, 15) is 14.7 Å². The largest absolute Gasteiger partial charge is 0.481 e. The number of carboxylic acids is 1. The maximum absolute atomic E-state index is 11.7. The molecule has 23 heavy (non-hydrogen) atoms. The van der Waals surface area contributed by atoms with Gasteiger partial charge in [-0.1, -0.05) is 19.9 Å². The van der Waals surface area contributed by atoms with E-state index >= 15 is 0 Å². The lowest BCUT2D eigenvalue weighted by molar-refractivity contribution is -0.150. The molecule has 0 bridgehead atoms. The van der Waals surface area contributed by atoms with Gasteiger partial charge in [-0.2, -0.15) is 0 Å². The summed E-state index contributed by atoms with van der Waals surface area (Å²) in [6, 6.07) is 0.252. The molecular formula is C19H27NO3. The maximum atomic E-state index is 11.7. The molecule has 0 aromatic carbocycles. The van der Waals surface area contributed by atoms with E-state index < -0.39 is 5.97 Å². The smallest absolute Gasteiger partial charge is 0.307 e. The minimum absolute atomic E-state index is 0.0299. The Bertz CT molecular complexity index is 585. The minimum atomic E-state index is -0.599. The molecule has 0 radical (unpaired) electrons. The first kappa shape index (κ1) is 15.2. The number of nitrogens with one attached hydrogen (secondary N) is 1. The normalized spacial score (nSPS) is 51.4. The van der Waals surface area contributed by atoms with Gasteiger partial charge in [-0.15, -0.1) is 0 Å². The fourth-order valence-electron chi connectivity index (χ4n) is 6.74. The topological polar surface area (TPSA) is 66.4 Å². The molecule has 126 valence electrons. The van der Waals surface area contributed by atoms with Crippen LogP contribution in [-0.2, 0) is 9.59 Å². The Morgan fingerprint density at radius 3 is 2.70 bits per heavy atom. The predicted octanol–water partition coefficient (Wildman–Crippen LogP) is 2.98. The number of amides is 1. The van der Waals surface area contributed by atoms with Gasteiger partial charge < -0.3 is 10.4 Å². The van der Waals surface area contributed by atoms with E-state index in [0.29, 0.717) is 17.8 Å². The first-order valence-electron chi connectivity index (χ1n) is 9.09. The van der Waals surface area contributed by atoms with Crippen LogP contribution < -0.4 is 5.32 Å². The Balaban J connectivity index is 1.66. The van der Waals surface area contributed by atoms with Gasteiger partial charge >= 0.3 is 5.97 Å². The summed E-state index contributed by atoms with van der Waals surface area (Å²) in [5.74, 6) is 0.992. The molecule has 4 nitrogen and oxygen atoms in total. The molecule has 0 unspecified atom stereocenters. The van der Waals surface area contributed by atoms with Crippen molar-refractivity contribution in [2.24, 2.45) is 34.5 Å². The molecule has 4 heteroatoms. The summed E-state index contributed by atoms with van der Waals surface area (Å²) >= 11 is 0. The molecule has 4 aliphatic rings. The summed E-state index contributed by atoms with van der Waals surface area (Å²) < 4.78 is 0. The molecule has 0 saturated heterocycles. The van der Waals surface area contributed by atoms with Crippen LogP contribution in [-0.4, -0.2) is 23.0 Å². The number of hydrogen-bond donors (Lipinski definition) is 2. The van der Waals surface area contributed by atoms with Crippen molar-refractivity contribution in [2.45, 2.75) is 58.4 Å². The Hall–Kier alpha value is -1.32. The molecule has 1 aliphatic heterocycles. The van der Waals surface area contributed by atoms with Crippen LogP contribution in [0.2, 0.25) is 0 Å². The second-order valence-corrected chi connectivity index (χ2v) is 8.73. The number of carbonyl (C=O) groups is 2. The highest BCUT2D eigenvalue weighted by atomic mass is 16.4. The number of carboxylic acid groups (broad SMARTS) is 1. The van der Waals surface area contributed by atoms with Crippen molar-refractivity contribution in [1.82, 2.24) is 5.32 Å². The zero-order valence-corrected chi connectivity index (χ0v) is 14.0. The molecule has 0 aromatic heterocycles. The van der Waals surface area contributed by atoms with Crippen molar-refractivity contribution in [3.05, 3.63) is 12.2 Å². The van der Waals surface area contributed by atoms with Crippen molar-refractivity contribution in [3.8, 4) is 0 Å². The predicted molar refractivity (Wildman–Crippen MR) is 86.6 cm³/mol. The number of aliphatic carboxylic acids is 1. The van der Waals surface area contributed by atoms with Gasteiger partial charge in [0.2, 0.25) is 5.91 Å².